The molecule has 0 aliphatic carbocycles. The molecule has 0 aromatic carbocycles. The second kappa shape index (κ2) is 4.31. The molecule has 3 rings (SSSR count). The van der Waals surface area contributed by atoms with Gasteiger partial charge < -0.3 is 4.40 Å². The lowest BCUT2D eigenvalue weighted by Gasteiger charge is -2.20. The number of amides is 2. The molecule has 6 nitrogen and oxygen atoms in total. The summed E-state index contributed by atoms with van der Waals surface area (Å²) in [6.45, 7) is 0. The van der Waals surface area contributed by atoms with Crippen molar-refractivity contribution in [1.82, 2.24) is 14.7 Å². The first-order valence-electron chi connectivity index (χ1n) is 5.95. The predicted molar refractivity (Wildman–Crippen MR) is 65.7 cm³/mol. The lowest BCUT2D eigenvalue weighted by molar-refractivity contribution is -0.134. The van der Waals surface area contributed by atoms with E-state index in [0.29, 0.717) is 30.5 Å². The van der Waals surface area contributed by atoms with Crippen LogP contribution in [-0.4, -0.2) is 27.5 Å². The molecular weight excluding hydrogens is 246 g/mol. The standard InChI is InChI=1S/C13H11N3O3/c17-7-9-6-16-5-8(1-3-11(16)14-9)10-2-4-12(18)15-13(10)19/h1,3,5-7,10H,2,4H2,(H,15,18,19). The molecule has 1 unspecified atom stereocenters. The van der Waals surface area contributed by atoms with E-state index in [1.54, 1.807) is 28.9 Å². The molecule has 6 heteroatoms. The third kappa shape index (κ3) is 2.01. The number of carbonyl (C=O) groups is 3. The molecule has 19 heavy (non-hydrogen) atoms. The fourth-order valence-corrected chi connectivity index (χ4v) is 2.30. The molecule has 96 valence electrons. The topological polar surface area (TPSA) is 80.5 Å². The highest BCUT2D eigenvalue weighted by molar-refractivity contribution is 6.00. The van der Waals surface area contributed by atoms with Gasteiger partial charge in [-0.3, -0.25) is 19.7 Å². The first-order chi connectivity index (χ1) is 9.17. The zero-order chi connectivity index (χ0) is 13.4. The van der Waals surface area contributed by atoms with Gasteiger partial charge in [0, 0.05) is 18.8 Å². The number of imide groups is 1. The van der Waals surface area contributed by atoms with E-state index < -0.39 is 0 Å². The number of carbonyl (C=O) groups excluding carboxylic acids is 3. The maximum absolute atomic E-state index is 11.8. The van der Waals surface area contributed by atoms with Gasteiger partial charge in [-0.05, 0) is 18.1 Å². The Hall–Kier alpha value is -2.50. The van der Waals surface area contributed by atoms with Crippen LogP contribution in [0.3, 0.4) is 0 Å². The second-order valence-electron chi connectivity index (χ2n) is 4.52. The number of piperidine rings is 1. The Labute approximate surface area is 108 Å². The van der Waals surface area contributed by atoms with Crippen molar-refractivity contribution in [3.8, 4) is 0 Å². The minimum atomic E-state index is -0.329. The number of nitrogens with one attached hydrogen (secondary N) is 1. The molecule has 1 aliphatic rings. The van der Waals surface area contributed by atoms with Gasteiger partial charge in [0.15, 0.2) is 6.29 Å². The van der Waals surface area contributed by atoms with Gasteiger partial charge in [0.25, 0.3) is 0 Å². The van der Waals surface area contributed by atoms with E-state index in [2.05, 4.69) is 10.3 Å². The predicted octanol–water partition coefficient (Wildman–Crippen LogP) is 0.667. The average Bonchev–Trinajstić information content (AvgIpc) is 2.80. The van der Waals surface area contributed by atoms with Gasteiger partial charge in [-0.25, -0.2) is 4.98 Å². The Bertz CT molecular complexity index is 689. The quantitative estimate of drug-likeness (QED) is 0.633. The van der Waals surface area contributed by atoms with Gasteiger partial charge >= 0.3 is 0 Å². The van der Waals surface area contributed by atoms with Crippen LogP contribution in [0.15, 0.2) is 24.5 Å². The van der Waals surface area contributed by atoms with E-state index in [1.807, 2.05) is 0 Å². The summed E-state index contributed by atoms with van der Waals surface area (Å²) in [5.74, 6) is -0.830. The fraction of sp³-hybridized carbons (Fsp3) is 0.231. The van der Waals surface area contributed by atoms with Gasteiger partial charge in [0.1, 0.15) is 11.3 Å². The average molecular weight is 257 g/mol. The van der Waals surface area contributed by atoms with Gasteiger partial charge in [-0.1, -0.05) is 6.07 Å². The van der Waals surface area contributed by atoms with Crippen LogP contribution >= 0.6 is 0 Å². The highest BCUT2D eigenvalue weighted by atomic mass is 16.2. The van der Waals surface area contributed by atoms with E-state index >= 15 is 0 Å². The molecule has 0 spiro atoms. The summed E-state index contributed by atoms with van der Waals surface area (Å²) < 4.78 is 1.71. The maximum Gasteiger partial charge on any atom is 0.234 e. The number of aldehydes is 1. The highest BCUT2D eigenvalue weighted by Gasteiger charge is 2.28. The summed E-state index contributed by atoms with van der Waals surface area (Å²) in [6, 6.07) is 3.56. The molecule has 1 aliphatic heterocycles. The molecule has 0 saturated carbocycles. The lowest BCUT2D eigenvalue weighted by atomic mass is 9.92. The summed E-state index contributed by atoms with van der Waals surface area (Å²) in [7, 11) is 0. The van der Waals surface area contributed by atoms with Crippen LogP contribution in [0.4, 0.5) is 0 Å². The van der Waals surface area contributed by atoms with Crippen LogP contribution in [0.2, 0.25) is 0 Å². The zero-order valence-electron chi connectivity index (χ0n) is 10.00. The molecular formula is C13H11N3O3. The van der Waals surface area contributed by atoms with Gasteiger partial charge in [0.05, 0.1) is 5.92 Å². The van der Waals surface area contributed by atoms with Gasteiger partial charge in [-0.15, -0.1) is 0 Å². The van der Waals surface area contributed by atoms with E-state index in [0.717, 1.165) is 5.56 Å². The maximum atomic E-state index is 11.8. The van der Waals surface area contributed by atoms with Crippen molar-refractivity contribution in [3.05, 3.63) is 35.8 Å². The monoisotopic (exact) mass is 257 g/mol. The van der Waals surface area contributed by atoms with Crippen LogP contribution in [0, 0.1) is 0 Å². The van der Waals surface area contributed by atoms with Crippen molar-refractivity contribution >= 4 is 23.7 Å². The Morgan fingerprint density at radius 2 is 2.16 bits per heavy atom. The summed E-state index contributed by atoms with van der Waals surface area (Å²) >= 11 is 0. The molecule has 0 radical (unpaired) electrons. The van der Waals surface area contributed by atoms with Crippen molar-refractivity contribution < 1.29 is 14.4 Å². The molecule has 2 aromatic rings. The third-order valence-corrected chi connectivity index (χ3v) is 3.25. The first kappa shape index (κ1) is 11.6. The number of nitrogens with zero attached hydrogens (tertiary/aromatic N) is 2. The van der Waals surface area contributed by atoms with E-state index in [4.69, 9.17) is 0 Å². The number of hydrogen-bond acceptors (Lipinski definition) is 4. The molecule has 0 bridgehead atoms. The van der Waals surface area contributed by atoms with Crippen LogP contribution in [0.1, 0.15) is 34.8 Å². The normalized spacial score (nSPS) is 19.5. The van der Waals surface area contributed by atoms with E-state index in [1.165, 1.54) is 0 Å². The molecule has 1 N–H and O–H groups in total. The van der Waals surface area contributed by atoms with E-state index in [9.17, 15) is 14.4 Å². The van der Waals surface area contributed by atoms with Crippen molar-refractivity contribution in [3.63, 3.8) is 0 Å². The number of pyridine rings is 1. The minimum absolute atomic E-state index is 0.229. The Kier molecular flexibility index (Phi) is 2.63. The molecule has 1 atom stereocenters. The van der Waals surface area contributed by atoms with Crippen LogP contribution in [0.5, 0.6) is 0 Å². The van der Waals surface area contributed by atoms with Gasteiger partial charge in [-0.2, -0.15) is 0 Å². The van der Waals surface area contributed by atoms with Crippen molar-refractivity contribution in [2.75, 3.05) is 0 Å². The highest BCUT2D eigenvalue weighted by Crippen LogP contribution is 2.25. The summed E-state index contributed by atoms with van der Waals surface area (Å²) in [5.41, 5.74) is 1.81. The minimum Gasteiger partial charge on any atom is -0.306 e. The molecule has 1 fully saturated rings. The molecule has 1 saturated heterocycles. The third-order valence-electron chi connectivity index (χ3n) is 3.25. The summed E-state index contributed by atoms with van der Waals surface area (Å²) in [5, 5.41) is 2.33. The largest absolute Gasteiger partial charge is 0.306 e. The van der Waals surface area contributed by atoms with Crippen molar-refractivity contribution in [1.29, 1.82) is 0 Å². The zero-order valence-corrected chi connectivity index (χ0v) is 10.00. The Balaban J connectivity index is 1.98. The van der Waals surface area contributed by atoms with Crippen LogP contribution in [0.25, 0.3) is 5.65 Å². The number of imidazole rings is 1. The Morgan fingerprint density at radius 1 is 1.32 bits per heavy atom. The van der Waals surface area contributed by atoms with Crippen LogP contribution in [-0.2, 0) is 9.59 Å². The Morgan fingerprint density at radius 3 is 2.89 bits per heavy atom. The molecule has 2 aromatic heterocycles. The van der Waals surface area contributed by atoms with Crippen LogP contribution < -0.4 is 5.32 Å². The van der Waals surface area contributed by atoms with Gasteiger partial charge in [0.2, 0.25) is 11.8 Å². The SMILES string of the molecule is O=Cc1cn2cc(C3CCC(=O)NC3=O)ccc2n1. The number of aromatic nitrogens is 2. The second-order valence-corrected chi connectivity index (χ2v) is 4.52. The molecule has 3 heterocycles. The van der Waals surface area contributed by atoms with Crippen molar-refractivity contribution in [2.24, 2.45) is 0 Å². The number of fused-ring (bicyclic) bond motifs is 1. The number of rotatable bonds is 2. The molecule has 2 amide bonds. The first-order valence-corrected chi connectivity index (χ1v) is 5.95. The summed E-state index contributed by atoms with van der Waals surface area (Å²) in [6.07, 6.45) is 4.91. The fourth-order valence-electron chi connectivity index (χ4n) is 2.30. The lowest BCUT2D eigenvalue weighted by Crippen LogP contribution is -2.39. The number of hydrogen-bond donors (Lipinski definition) is 1. The van der Waals surface area contributed by atoms with Crippen molar-refractivity contribution in [2.45, 2.75) is 18.8 Å². The smallest absolute Gasteiger partial charge is 0.234 e. The summed E-state index contributed by atoms with van der Waals surface area (Å²) in [4.78, 5) is 37.7. The van der Waals surface area contributed by atoms with E-state index in [-0.39, 0.29) is 17.7 Å².